The Kier molecular flexibility index (Phi) is 9.62. The minimum Gasteiger partial charge on any atom is -0.497 e. The number of carboxylic acid groups (broad SMARTS) is 2. The van der Waals surface area contributed by atoms with Gasteiger partial charge in [0.25, 0.3) is 11.8 Å². The van der Waals surface area contributed by atoms with Crippen molar-refractivity contribution in [1.82, 2.24) is 10.6 Å². The van der Waals surface area contributed by atoms with Gasteiger partial charge in [-0.05, 0) is 52.7 Å². The third-order valence-electron chi connectivity index (χ3n) is 4.60. The lowest BCUT2D eigenvalue weighted by Crippen LogP contribution is -2.44. The Labute approximate surface area is 203 Å². The third-order valence-corrected chi connectivity index (χ3v) is 5.29. The molecule has 11 heteroatoms. The zero-order chi connectivity index (χ0) is 25.3. The highest BCUT2D eigenvalue weighted by molar-refractivity contribution is 9.10. The first-order chi connectivity index (χ1) is 16.2. The normalized spacial score (nSPS) is 11.8. The highest BCUT2D eigenvalue weighted by atomic mass is 79.9. The van der Waals surface area contributed by atoms with Crippen LogP contribution in [0.15, 0.2) is 52.6 Å². The summed E-state index contributed by atoms with van der Waals surface area (Å²) in [6.45, 7) is 0. The van der Waals surface area contributed by atoms with E-state index in [1.54, 1.807) is 36.4 Å². The summed E-state index contributed by atoms with van der Waals surface area (Å²) in [5, 5.41) is 23.0. The molecule has 2 amide bonds. The van der Waals surface area contributed by atoms with Gasteiger partial charge in [0.1, 0.15) is 23.2 Å². The minimum atomic E-state index is -1.48. The van der Waals surface area contributed by atoms with Gasteiger partial charge in [0.15, 0.2) is 0 Å². The molecule has 2 aromatic carbocycles. The molecule has 10 nitrogen and oxygen atoms in total. The van der Waals surface area contributed by atoms with Gasteiger partial charge in [-0.25, -0.2) is 4.79 Å². The van der Waals surface area contributed by atoms with Crippen LogP contribution < -0.4 is 20.1 Å². The molecular weight excluding hydrogens is 512 g/mol. The number of rotatable bonds is 11. The number of carboxylic acids is 2. The summed E-state index contributed by atoms with van der Waals surface area (Å²) in [5.74, 6) is -3.33. The lowest BCUT2D eigenvalue weighted by atomic mass is 10.1. The van der Waals surface area contributed by atoms with Crippen LogP contribution in [-0.4, -0.2) is 54.2 Å². The molecule has 2 aromatic rings. The molecule has 0 aromatic heterocycles. The second-order valence-corrected chi connectivity index (χ2v) is 7.75. The molecular formula is C23H23BrN2O8. The minimum absolute atomic E-state index is 0.239. The molecule has 0 fully saturated rings. The fourth-order valence-corrected chi connectivity index (χ4v) is 3.31. The van der Waals surface area contributed by atoms with Gasteiger partial charge in [-0.15, -0.1) is 0 Å². The molecule has 0 heterocycles. The van der Waals surface area contributed by atoms with Crippen LogP contribution in [0.2, 0.25) is 0 Å². The van der Waals surface area contributed by atoms with E-state index in [2.05, 4.69) is 26.6 Å². The summed E-state index contributed by atoms with van der Waals surface area (Å²) in [6, 6.07) is 9.84. The Bertz CT molecular complexity index is 1120. The molecule has 0 saturated carbocycles. The molecule has 4 N–H and O–H groups in total. The largest absolute Gasteiger partial charge is 0.497 e. The average Bonchev–Trinajstić information content (AvgIpc) is 2.81. The highest BCUT2D eigenvalue weighted by Gasteiger charge is 2.24. The summed E-state index contributed by atoms with van der Waals surface area (Å²) >= 11 is 3.27. The zero-order valence-electron chi connectivity index (χ0n) is 18.3. The number of hydrogen-bond donors (Lipinski definition) is 4. The van der Waals surface area contributed by atoms with Crippen LogP contribution in [0.25, 0.3) is 6.08 Å². The van der Waals surface area contributed by atoms with E-state index < -0.39 is 36.2 Å². The molecule has 0 aliphatic carbocycles. The van der Waals surface area contributed by atoms with Crippen molar-refractivity contribution in [2.75, 3.05) is 14.2 Å². The van der Waals surface area contributed by atoms with Gasteiger partial charge in [0.2, 0.25) is 0 Å². The molecule has 1 atom stereocenters. The monoisotopic (exact) mass is 534 g/mol. The van der Waals surface area contributed by atoms with Crippen LogP contribution in [0.4, 0.5) is 0 Å². The Morgan fingerprint density at radius 2 is 1.76 bits per heavy atom. The van der Waals surface area contributed by atoms with Crippen LogP contribution in [0.1, 0.15) is 28.8 Å². The number of carbonyl (C=O) groups is 4. The number of benzene rings is 2. The summed E-state index contributed by atoms with van der Waals surface area (Å²) in [4.78, 5) is 48.2. The topological polar surface area (TPSA) is 151 Å². The molecule has 34 heavy (non-hydrogen) atoms. The van der Waals surface area contributed by atoms with Crippen molar-refractivity contribution in [2.45, 2.75) is 18.9 Å². The van der Waals surface area contributed by atoms with Crippen molar-refractivity contribution < 1.29 is 38.9 Å². The summed E-state index contributed by atoms with van der Waals surface area (Å²) in [5.41, 5.74) is 0.368. The van der Waals surface area contributed by atoms with E-state index in [1.807, 2.05) is 0 Å². The Hall–Kier alpha value is -3.86. The maximum atomic E-state index is 13.0. The lowest BCUT2D eigenvalue weighted by molar-refractivity contribution is -0.142. The standard InChI is InChI=1S/C23H23BrN2O8/c1-33-14-8-7-13(19(12-14)34-2)11-18(26-21(29)15-5-3-4-6-16(15)24)22(30)25-17(23(31)32)9-10-20(27)28/h3-8,11-12,17H,9-10H2,1-2H3,(H,25,30)(H,26,29)(H,27,28)(H,31,32)/b18-11+. The smallest absolute Gasteiger partial charge is 0.326 e. The molecule has 2 rings (SSSR count). The molecule has 0 aliphatic rings. The molecule has 0 saturated heterocycles. The van der Waals surface area contributed by atoms with E-state index in [0.717, 1.165) is 0 Å². The van der Waals surface area contributed by atoms with Gasteiger partial charge in [0.05, 0.1) is 19.8 Å². The van der Waals surface area contributed by atoms with Gasteiger partial charge in [-0.2, -0.15) is 0 Å². The van der Waals surface area contributed by atoms with Gasteiger partial charge in [0, 0.05) is 22.5 Å². The van der Waals surface area contributed by atoms with E-state index >= 15 is 0 Å². The molecule has 180 valence electrons. The average molecular weight is 535 g/mol. The second-order valence-electron chi connectivity index (χ2n) is 6.90. The summed E-state index contributed by atoms with van der Waals surface area (Å²) < 4.78 is 11.0. The molecule has 0 aliphatic heterocycles. The van der Waals surface area contributed by atoms with E-state index in [4.69, 9.17) is 14.6 Å². The van der Waals surface area contributed by atoms with Gasteiger partial charge < -0.3 is 30.3 Å². The first-order valence-corrected chi connectivity index (χ1v) is 10.7. The van der Waals surface area contributed by atoms with Gasteiger partial charge in [-0.1, -0.05) is 12.1 Å². The van der Waals surface area contributed by atoms with Crippen LogP contribution in [0.5, 0.6) is 11.5 Å². The number of hydrogen-bond acceptors (Lipinski definition) is 6. The van der Waals surface area contributed by atoms with Crippen LogP contribution in [0.3, 0.4) is 0 Å². The summed E-state index contributed by atoms with van der Waals surface area (Å²) in [7, 11) is 2.89. The summed E-state index contributed by atoms with van der Waals surface area (Å²) in [6.07, 6.45) is 0.512. The Morgan fingerprint density at radius 3 is 2.35 bits per heavy atom. The SMILES string of the molecule is COc1ccc(/C=C(/NC(=O)c2ccccc2Br)C(=O)NC(CCC(=O)O)C(=O)O)c(OC)c1. The van der Waals surface area contributed by atoms with Crippen LogP contribution in [-0.2, 0) is 14.4 Å². The highest BCUT2D eigenvalue weighted by Crippen LogP contribution is 2.26. The number of nitrogens with one attached hydrogen (secondary N) is 2. The predicted octanol–water partition coefficient (Wildman–Crippen LogP) is 2.67. The van der Waals surface area contributed by atoms with Crippen molar-refractivity contribution in [3.63, 3.8) is 0 Å². The maximum Gasteiger partial charge on any atom is 0.326 e. The van der Waals surface area contributed by atoms with E-state index in [1.165, 1.54) is 26.4 Å². The molecule has 1 unspecified atom stereocenters. The number of amides is 2. The lowest BCUT2D eigenvalue weighted by Gasteiger charge is -2.17. The third kappa shape index (κ3) is 7.34. The predicted molar refractivity (Wildman–Crippen MR) is 126 cm³/mol. The zero-order valence-corrected chi connectivity index (χ0v) is 19.9. The maximum absolute atomic E-state index is 13.0. The number of methoxy groups -OCH3 is 2. The molecule has 0 radical (unpaired) electrons. The van der Waals surface area contributed by atoms with Crippen molar-refractivity contribution >= 4 is 45.8 Å². The van der Waals surface area contributed by atoms with E-state index in [-0.39, 0.29) is 17.7 Å². The molecule has 0 bridgehead atoms. The quantitative estimate of drug-likeness (QED) is 0.321. The fraction of sp³-hybridized carbons (Fsp3) is 0.217. The van der Waals surface area contributed by atoms with Gasteiger partial charge >= 0.3 is 11.9 Å². The Morgan fingerprint density at radius 1 is 1.06 bits per heavy atom. The molecule has 0 spiro atoms. The van der Waals surface area contributed by atoms with Crippen LogP contribution >= 0.6 is 15.9 Å². The van der Waals surface area contributed by atoms with Gasteiger partial charge in [-0.3, -0.25) is 14.4 Å². The first kappa shape index (κ1) is 26.4. The number of carbonyl (C=O) groups excluding carboxylic acids is 2. The fourth-order valence-electron chi connectivity index (χ4n) is 2.85. The van der Waals surface area contributed by atoms with Crippen molar-refractivity contribution in [2.24, 2.45) is 0 Å². The number of halogens is 1. The van der Waals surface area contributed by atoms with Crippen molar-refractivity contribution in [1.29, 1.82) is 0 Å². The van der Waals surface area contributed by atoms with Crippen molar-refractivity contribution in [3.05, 3.63) is 63.8 Å². The van der Waals surface area contributed by atoms with E-state index in [9.17, 15) is 24.3 Å². The number of ether oxygens (including phenoxy) is 2. The van der Waals surface area contributed by atoms with Crippen molar-refractivity contribution in [3.8, 4) is 11.5 Å². The number of aliphatic carboxylic acids is 2. The Balaban J connectivity index is 2.44. The first-order valence-electron chi connectivity index (χ1n) is 9.91. The second kappa shape index (κ2) is 12.4. The van der Waals surface area contributed by atoms with Crippen LogP contribution in [0, 0.1) is 0 Å². The van der Waals surface area contributed by atoms with E-state index in [0.29, 0.717) is 21.5 Å².